The number of piperidine rings is 1. The highest BCUT2D eigenvalue weighted by Crippen LogP contribution is 2.41. The van der Waals surface area contributed by atoms with Crippen molar-refractivity contribution in [3.8, 4) is 17.0 Å². The van der Waals surface area contributed by atoms with Crippen molar-refractivity contribution in [2.45, 2.75) is 43.9 Å². The first-order valence-corrected chi connectivity index (χ1v) is 14.1. The molecule has 2 aliphatic heterocycles. The van der Waals surface area contributed by atoms with Crippen LogP contribution in [0.4, 0.5) is 0 Å². The van der Waals surface area contributed by atoms with Crippen molar-refractivity contribution in [2.24, 2.45) is 5.92 Å². The molecular weight excluding hydrogens is 488 g/mol. The molecule has 7 nitrogen and oxygen atoms in total. The Hall–Kier alpha value is -3.68. The van der Waals surface area contributed by atoms with Crippen LogP contribution in [-0.2, 0) is 4.74 Å². The van der Waals surface area contributed by atoms with Gasteiger partial charge >= 0.3 is 0 Å². The Kier molecular flexibility index (Phi) is 6.54. The third-order valence-electron chi connectivity index (χ3n) is 8.41. The van der Waals surface area contributed by atoms with Gasteiger partial charge in [-0.05, 0) is 79.6 Å². The van der Waals surface area contributed by atoms with Gasteiger partial charge in [0.25, 0.3) is 5.91 Å². The first-order valence-electron chi connectivity index (χ1n) is 14.1. The van der Waals surface area contributed by atoms with Crippen LogP contribution in [0.2, 0.25) is 0 Å². The van der Waals surface area contributed by atoms with Crippen LogP contribution in [0, 0.1) is 5.92 Å². The summed E-state index contributed by atoms with van der Waals surface area (Å²) in [6.45, 7) is 3.88. The first kappa shape index (κ1) is 24.4. The summed E-state index contributed by atoms with van der Waals surface area (Å²) in [5, 5.41) is 11.9. The predicted octanol–water partition coefficient (Wildman–Crippen LogP) is 5.35. The van der Waals surface area contributed by atoms with Crippen LogP contribution >= 0.6 is 0 Å². The van der Waals surface area contributed by atoms with Gasteiger partial charge in [-0.3, -0.25) is 14.8 Å². The molecule has 0 spiro atoms. The largest absolute Gasteiger partial charge is 0.490 e. The average Bonchev–Trinajstić information content (AvgIpc) is 3.71. The summed E-state index contributed by atoms with van der Waals surface area (Å²) in [4.78, 5) is 15.8. The number of aromatic amines is 1. The molecule has 1 amide bonds. The van der Waals surface area contributed by atoms with Gasteiger partial charge in [0.05, 0.1) is 36.5 Å². The van der Waals surface area contributed by atoms with E-state index < -0.39 is 0 Å². The number of hydrogen-bond acceptors (Lipinski definition) is 5. The zero-order chi connectivity index (χ0) is 26.2. The molecule has 2 saturated heterocycles. The Morgan fingerprint density at radius 1 is 0.974 bits per heavy atom. The van der Waals surface area contributed by atoms with Gasteiger partial charge in [-0.1, -0.05) is 30.3 Å². The van der Waals surface area contributed by atoms with E-state index in [1.807, 2.05) is 48.5 Å². The molecule has 3 heterocycles. The molecule has 0 bridgehead atoms. The summed E-state index contributed by atoms with van der Waals surface area (Å²) in [6.07, 6.45) is 4.63. The van der Waals surface area contributed by atoms with Crippen molar-refractivity contribution < 1.29 is 14.3 Å². The normalized spacial score (nSPS) is 19.5. The number of nitrogens with one attached hydrogen (secondary N) is 2. The predicted molar refractivity (Wildman–Crippen MR) is 151 cm³/mol. The quantitative estimate of drug-likeness (QED) is 0.326. The zero-order valence-electron chi connectivity index (χ0n) is 22.0. The number of carbonyl (C=O) groups excluding carboxylic acids is 1. The smallest absolute Gasteiger partial charge is 0.251 e. The molecule has 39 heavy (non-hydrogen) atoms. The minimum Gasteiger partial charge on any atom is -0.490 e. The van der Waals surface area contributed by atoms with Gasteiger partial charge in [-0.25, -0.2) is 0 Å². The average molecular weight is 523 g/mol. The fraction of sp³-hybridized carbons (Fsp3) is 0.375. The molecule has 4 aromatic rings. The van der Waals surface area contributed by atoms with Crippen molar-refractivity contribution in [3.05, 3.63) is 83.9 Å². The summed E-state index contributed by atoms with van der Waals surface area (Å²) in [7, 11) is 0. The third kappa shape index (κ3) is 5.16. The number of H-pyrrole nitrogens is 1. The maximum Gasteiger partial charge on any atom is 0.251 e. The van der Waals surface area contributed by atoms with Crippen LogP contribution in [0.15, 0.2) is 72.8 Å². The summed E-state index contributed by atoms with van der Waals surface area (Å²) in [5.41, 5.74) is 4.55. The molecule has 3 aliphatic rings. The Labute approximate surface area is 228 Å². The van der Waals surface area contributed by atoms with Gasteiger partial charge in [0.15, 0.2) is 0 Å². The Morgan fingerprint density at radius 2 is 1.74 bits per heavy atom. The van der Waals surface area contributed by atoms with Crippen molar-refractivity contribution in [3.63, 3.8) is 0 Å². The second-order valence-corrected chi connectivity index (χ2v) is 11.1. The molecule has 3 aromatic carbocycles. The molecule has 7 heteroatoms. The molecule has 200 valence electrons. The lowest BCUT2D eigenvalue weighted by atomic mass is 10.0. The van der Waals surface area contributed by atoms with Crippen molar-refractivity contribution in [2.75, 3.05) is 26.3 Å². The lowest BCUT2D eigenvalue weighted by Gasteiger charge is -2.41. The first-order chi connectivity index (χ1) is 19.2. The molecule has 1 atom stereocenters. The van der Waals surface area contributed by atoms with Crippen molar-refractivity contribution >= 4 is 16.8 Å². The van der Waals surface area contributed by atoms with Gasteiger partial charge in [-0.15, -0.1) is 0 Å². The number of amides is 1. The number of benzene rings is 3. The second-order valence-electron chi connectivity index (χ2n) is 11.1. The van der Waals surface area contributed by atoms with E-state index >= 15 is 0 Å². The van der Waals surface area contributed by atoms with E-state index in [2.05, 4.69) is 44.7 Å². The van der Waals surface area contributed by atoms with Gasteiger partial charge in [0.2, 0.25) is 0 Å². The van der Waals surface area contributed by atoms with E-state index in [0.29, 0.717) is 17.5 Å². The highest BCUT2D eigenvalue weighted by atomic mass is 16.5. The minimum atomic E-state index is -0.0515. The number of rotatable bonds is 8. The van der Waals surface area contributed by atoms with Gasteiger partial charge < -0.3 is 14.8 Å². The monoisotopic (exact) mass is 522 g/mol. The molecule has 0 radical (unpaired) electrons. The van der Waals surface area contributed by atoms with Crippen LogP contribution < -0.4 is 10.1 Å². The molecule has 1 unspecified atom stereocenters. The Balaban J connectivity index is 1.04. The highest BCUT2D eigenvalue weighted by molar-refractivity contribution is 6.01. The van der Waals surface area contributed by atoms with E-state index in [1.165, 1.54) is 5.56 Å². The Bertz CT molecular complexity index is 1440. The number of nitrogens with zero attached hydrogens (tertiary/aromatic N) is 2. The van der Waals surface area contributed by atoms with Crippen LogP contribution in [0.3, 0.4) is 0 Å². The van der Waals surface area contributed by atoms with Crippen molar-refractivity contribution in [1.29, 1.82) is 0 Å². The fourth-order valence-corrected chi connectivity index (χ4v) is 5.84. The summed E-state index contributed by atoms with van der Waals surface area (Å²) >= 11 is 0. The number of aromatic nitrogens is 2. The van der Waals surface area contributed by atoms with E-state index in [0.717, 1.165) is 79.9 Å². The summed E-state index contributed by atoms with van der Waals surface area (Å²) in [5.74, 6) is 1.34. The van der Waals surface area contributed by atoms with E-state index in [1.54, 1.807) is 0 Å². The molecule has 1 aliphatic carbocycles. The maximum atomic E-state index is 13.3. The highest BCUT2D eigenvalue weighted by Gasteiger charge is 2.34. The number of ether oxygens (including phenoxy) is 2. The lowest BCUT2D eigenvalue weighted by Crippen LogP contribution is -2.52. The molecule has 1 aromatic heterocycles. The molecular formula is C32H34N4O3. The molecule has 7 rings (SSSR count). The van der Waals surface area contributed by atoms with E-state index in [9.17, 15) is 4.79 Å². The molecule has 2 N–H and O–H groups in total. The van der Waals surface area contributed by atoms with Crippen LogP contribution in [0.1, 0.15) is 47.6 Å². The zero-order valence-corrected chi connectivity index (χ0v) is 22.0. The van der Waals surface area contributed by atoms with Gasteiger partial charge in [0, 0.05) is 29.6 Å². The van der Waals surface area contributed by atoms with E-state index in [-0.39, 0.29) is 18.1 Å². The van der Waals surface area contributed by atoms with Crippen molar-refractivity contribution in [1.82, 2.24) is 20.4 Å². The molecule has 3 fully saturated rings. The SMILES string of the molecule is O=C(NC(c1ccccc1)C1CC1)c1ccc2[nH]nc(-c3ccc(OC4CCN(C5COC5)CC4)cc3)c2c1. The maximum absolute atomic E-state index is 13.3. The van der Waals surface area contributed by atoms with Crippen LogP contribution in [0.25, 0.3) is 22.2 Å². The van der Waals surface area contributed by atoms with Crippen LogP contribution in [0.5, 0.6) is 5.75 Å². The lowest BCUT2D eigenvalue weighted by molar-refractivity contribution is -0.0778. The number of likely N-dealkylation sites (tertiary alicyclic amines) is 1. The minimum absolute atomic E-state index is 0.0465. The number of fused-ring (bicyclic) bond motifs is 1. The topological polar surface area (TPSA) is 79.5 Å². The number of hydrogen-bond donors (Lipinski definition) is 2. The van der Waals surface area contributed by atoms with Gasteiger partial charge in [0.1, 0.15) is 11.9 Å². The summed E-state index contributed by atoms with van der Waals surface area (Å²) in [6, 6.07) is 24.8. The number of carbonyl (C=O) groups is 1. The second kappa shape index (κ2) is 10.5. The third-order valence-corrected chi connectivity index (χ3v) is 8.41. The Morgan fingerprint density at radius 3 is 2.44 bits per heavy atom. The van der Waals surface area contributed by atoms with Gasteiger partial charge in [-0.2, -0.15) is 5.10 Å². The molecule has 1 saturated carbocycles. The van der Waals surface area contributed by atoms with E-state index in [4.69, 9.17) is 9.47 Å². The standard InChI is InChI=1S/C32H34N4O3/c37-32(33-30(22-6-7-22)21-4-2-1-3-5-21)24-10-13-29-28(18-24)31(35-34-29)23-8-11-26(12-9-23)39-27-14-16-36(17-15-27)25-19-38-20-25/h1-5,8-13,18,22,25,27,30H,6-7,14-17,19-20H2,(H,33,37)(H,34,35). The summed E-state index contributed by atoms with van der Waals surface area (Å²) < 4.78 is 11.6. The fourth-order valence-electron chi connectivity index (χ4n) is 5.84. The van der Waals surface area contributed by atoms with Crippen LogP contribution in [-0.4, -0.2) is 59.5 Å².